The maximum Gasteiger partial charge on any atom is 0.418 e. The SMILES string of the molecule is CN1CCN(c2ccc(CN)cc2C(F)(F)F)CC1. The molecule has 1 aliphatic heterocycles. The number of halogens is 3. The molecular formula is C13H18F3N3. The van der Waals surface area contributed by atoms with E-state index in [9.17, 15) is 13.2 Å². The minimum absolute atomic E-state index is 0.117. The molecule has 106 valence electrons. The van der Waals surface area contributed by atoms with E-state index in [1.165, 1.54) is 6.07 Å². The van der Waals surface area contributed by atoms with Gasteiger partial charge in [-0.25, -0.2) is 0 Å². The first-order chi connectivity index (χ1) is 8.91. The second-order valence-corrected chi connectivity index (χ2v) is 4.84. The van der Waals surface area contributed by atoms with E-state index in [1.807, 2.05) is 7.05 Å². The number of nitrogens with two attached hydrogens (primary N) is 1. The van der Waals surface area contributed by atoms with Gasteiger partial charge in [0.25, 0.3) is 0 Å². The van der Waals surface area contributed by atoms with Crippen LogP contribution in [0, 0.1) is 0 Å². The van der Waals surface area contributed by atoms with Gasteiger partial charge in [0.15, 0.2) is 0 Å². The topological polar surface area (TPSA) is 32.5 Å². The van der Waals surface area contributed by atoms with E-state index in [0.29, 0.717) is 18.7 Å². The molecule has 1 heterocycles. The van der Waals surface area contributed by atoms with Crippen LogP contribution in [-0.2, 0) is 12.7 Å². The summed E-state index contributed by atoms with van der Waals surface area (Å²) in [7, 11) is 1.97. The monoisotopic (exact) mass is 273 g/mol. The van der Waals surface area contributed by atoms with Gasteiger partial charge < -0.3 is 15.5 Å². The smallest absolute Gasteiger partial charge is 0.368 e. The van der Waals surface area contributed by atoms with Crippen molar-refractivity contribution in [3.8, 4) is 0 Å². The number of benzene rings is 1. The Morgan fingerprint density at radius 3 is 2.32 bits per heavy atom. The first-order valence-corrected chi connectivity index (χ1v) is 6.25. The highest BCUT2D eigenvalue weighted by Crippen LogP contribution is 2.37. The second kappa shape index (κ2) is 5.38. The number of likely N-dealkylation sites (N-methyl/N-ethyl adjacent to an activating group) is 1. The summed E-state index contributed by atoms with van der Waals surface area (Å²) in [6.45, 7) is 2.89. The summed E-state index contributed by atoms with van der Waals surface area (Å²) in [5, 5.41) is 0. The summed E-state index contributed by atoms with van der Waals surface area (Å²) >= 11 is 0. The fourth-order valence-corrected chi connectivity index (χ4v) is 2.26. The van der Waals surface area contributed by atoms with Crippen LogP contribution in [0.3, 0.4) is 0 Å². The van der Waals surface area contributed by atoms with Gasteiger partial charge in [0.05, 0.1) is 5.56 Å². The molecule has 2 N–H and O–H groups in total. The zero-order chi connectivity index (χ0) is 14.0. The van der Waals surface area contributed by atoms with Crippen LogP contribution in [0.2, 0.25) is 0 Å². The Bertz CT molecular complexity index is 437. The lowest BCUT2D eigenvalue weighted by molar-refractivity contribution is -0.137. The maximum atomic E-state index is 13.1. The highest BCUT2D eigenvalue weighted by molar-refractivity contribution is 5.56. The minimum Gasteiger partial charge on any atom is -0.368 e. The van der Waals surface area contributed by atoms with Gasteiger partial charge in [-0.05, 0) is 24.7 Å². The summed E-state index contributed by atoms with van der Waals surface area (Å²) in [6.07, 6.45) is -4.34. The van der Waals surface area contributed by atoms with Crippen molar-refractivity contribution >= 4 is 5.69 Å². The Morgan fingerprint density at radius 1 is 1.16 bits per heavy atom. The van der Waals surface area contributed by atoms with Gasteiger partial charge in [-0.3, -0.25) is 0 Å². The molecule has 6 heteroatoms. The van der Waals surface area contributed by atoms with Crippen LogP contribution in [0.5, 0.6) is 0 Å². The van der Waals surface area contributed by atoms with Crippen molar-refractivity contribution in [1.82, 2.24) is 4.90 Å². The lowest BCUT2D eigenvalue weighted by atomic mass is 10.1. The summed E-state index contributed by atoms with van der Waals surface area (Å²) in [4.78, 5) is 3.90. The van der Waals surface area contributed by atoms with Crippen LogP contribution in [0.25, 0.3) is 0 Å². The Kier molecular flexibility index (Phi) is 4.01. The van der Waals surface area contributed by atoms with E-state index < -0.39 is 11.7 Å². The standard InChI is InChI=1S/C13H18F3N3/c1-18-4-6-19(7-5-18)12-3-2-10(9-17)8-11(12)13(14,15)16/h2-3,8H,4-7,9,17H2,1H3. The lowest BCUT2D eigenvalue weighted by Crippen LogP contribution is -2.45. The van der Waals surface area contributed by atoms with Crippen molar-refractivity contribution in [3.05, 3.63) is 29.3 Å². The molecule has 0 spiro atoms. The van der Waals surface area contributed by atoms with E-state index in [0.717, 1.165) is 19.2 Å². The summed E-state index contributed by atoms with van der Waals surface area (Å²) in [5.74, 6) is 0. The molecule has 0 bridgehead atoms. The number of anilines is 1. The fourth-order valence-electron chi connectivity index (χ4n) is 2.26. The first kappa shape index (κ1) is 14.1. The van der Waals surface area contributed by atoms with Gasteiger partial charge in [-0.2, -0.15) is 13.2 Å². The molecule has 1 aromatic rings. The van der Waals surface area contributed by atoms with Crippen LogP contribution in [-0.4, -0.2) is 38.1 Å². The van der Waals surface area contributed by atoms with Crippen LogP contribution >= 0.6 is 0 Å². The average molecular weight is 273 g/mol. The quantitative estimate of drug-likeness (QED) is 0.893. The fraction of sp³-hybridized carbons (Fsp3) is 0.538. The number of hydrogen-bond acceptors (Lipinski definition) is 3. The van der Waals surface area contributed by atoms with Gasteiger partial charge in [0.2, 0.25) is 0 Å². The normalized spacial score (nSPS) is 17.8. The van der Waals surface area contributed by atoms with Gasteiger partial charge in [0.1, 0.15) is 0 Å². The zero-order valence-electron chi connectivity index (χ0n) is 10.9. The predicted octanol–water partition coefficient (Wildman–Crippen LogP) is 1.92. The molecule has 1 saturated heterocycles. The van der Waals surface area contributed by atoms with Crippen LogP contribution in [0.15, 0.2) is 18.2 Å². The third-order valence-corrected chi connectivity index (χ3v) is 3.45. The molecule has 0 amide bonds. The predicted molar refractivity (Wildman–Crippen MR) is 69.0 cm³/mol. The Labute approximate surface area is 110 Å². The Hall–Kier alpha value is -1.27. The number of alkyl halides is 3. The van der Waals surface area contributed by atoms with Crippen molar-refractivity contribution < 1.29 is 13.2 Å². The van der Waals surface area contributed by atoms with E-state index in [1.54, 1.807) is 11.0 Å². The van der Waals surface area contributed by atoms with Crippen molar-refractivity contribution in [2.45, 2.75) is 12.7 Å². The van der Waals surface area contributed by atoms with Crippen LogP contribution < -0.4 is 10.6 Å². The summed E-state index contributed by atoms with van der Waals surface area (Å²) in [6, 6.07) is 4.37. The first-order valence-electron chi connectivity index (χ1n) is 6.25. The van der Waals surface area contributed by atoms with Gasteiger partial charge in [-0.15, -0.1) is 0 Å². The largest absolute Gasteiger partial charge is 0.418 e. The van der Waals surface area contributed by atoms with E-state index >= 15 is 0 Å². The molecule has 3 nitrogen and oxygen atoms in total. The van der Waals surface area contributed by atoms with Gasteiger partial charge >= 0.3 is 6.18 Å². The lowest BCUT2D eigenvalue weighted by Gasteiger charge is -2.35. The average Bonchev–Trinajstić information content (AvgIpc) is 2.38. The molecule has 2 rings (SSSR count). The van der Waals surface area contributed by atoms with Gasteiger partial charge in [-0.1, -0.05) is 6.07 Å². The molecule has 1 aliphatic rings. The summed E-state index contributed by atoms with van der Waals surface area (Å²) in [5.41, 5.74) is 5.60. The maximum absolute atomic E-state index is 13.1. The molecule has 1 aromatic carbocycles. The molecule has 0 radical (unpaired) electrons. The van der Waals surface area contributed by atoms with E-state index in [4.69, 9.17) is 5.73 Å². The molecule has 1 fully saturated rings. The number of rotatable bonds is 2. The highest BCUT2D eigenvalue weighted by atomic mass is 19.4. The summed E-state index contributed by atoms with van der Waals surface area (Å²) < 4.78 is 39.4. The highest BCUT2D eigenvalue weighted by Gasteiger charge is 2.35. The van der Waals surface area contributed by atoms with Crippen LogP contribution in [0.4, 0.5) is 18.9 Å². The van der Waals surface area contributed by atoms with Crippen molar-refractivity contribution in [2.24, 2.45) is 5.73 Å². The number of hydrogen-bond donors (Lipinski definition) is 1. The molecule has 0 aliphatic carbocycles. The van der Waals surface area contributed by atoms with E-state index in [-0.39, 0.29) is 12.2 Å². The molecule has 19 heavy (non-hydrogen) atoms. The Morgan fingerprint density at radius 2 is 1.79 bits per heavy atom. The van der Waals surface area contributed by atoms with Crippen LogP contribution in [0.1, 0.15) is 11.1 Å². The Balaban J connectivity index is 2.34. The zero-order valence-corrected chi connectivity index (χ0v) is 10.9. The third-order valence-electron chi connectivity index (χ3n) is 3.45. The van der Waals surface area contributed by atoms with E-state index in [2.05, 4.69) is 4.90 Å². The number of piperazine rings is 1. The van der Waals surface area contributed by atoms with Gasteiger partial charge in [0, 0.05) is 38.4 Å². The molecule has 0 atom stereocenters. The molecule has 0 aromatic heterocycles. The second-order valence-electron chi connectivity index (χ2n) is 4.84. The number of nitrogens with zero attached hydrogens (tertiary/aromatic N) is 2. The van der Waals surface area contributed by atoms with Crippen molar-refractivity contribution in [3.63, 3.8) is 0 Å². The molecular weight excluding hydrogens is 255 g/mol. The van der Waals surface area contributed by atoms with Crippen molar-refractivity contribution in [1.29, 1.82) is 0 Å². The third kappa shape index (κ3) is 3.19. The minimum atomic E-state index is -4.34. The molecule has 0 unspecified atom stereocenters. The molecule has 0 saturated carbocycles. The van der Waals surface area contributed by atoms with Crippen molar-refractivity contribution in [2.75, 3.05) is 38.1 Å².